The van der Waals surface area contributed by atoms with Crippen molar-refractivity contribution in [3.8, 4) is 45.0 Å². The first kappa shape index (κ1) is 29.4. The van der Waals surface area contributed by atoms with Gasteiger partial charge in [0.15, 0.2) is 5.82 Å². The maximum absolute atomic E-state index is 5.35. The van der Waals surface area contributed by atoms with Gasteiger partial charge in [-0.15, -0.1) is 0 Å². The van der Waals surface area contributed by atoms with Crippen LogP contribution in [0.3, 0.4) is 0 Å². The molecule has 11 rings (SSSR count). The fourth-order valence-corrected chi connectivity index (χ4v) is 10.0. The predicted octanol–water partition coefficient (Wildman–Crippen LogP) is 12.6. The molecule has 0 saturated heterocycles. The smallest absolute Gasteiger partial charge is 0.160 e. The molecule has 0 saturated carbocycles. The number of fused-ring (bicyclic) bond motifs is 12. The molecule has 0 unspecified atom stereocenters. The first-order chi connectivity index (χ1) is 25.8. The van der Waals surface area contributed by atoms with Gasteiger partial charge in [0, 0.05) is 26.5 Å². The molecule has 0 atom stereocenters. The molecular weight excluding hydrogens is 649 g/mol. The lowest BCUT2D eigenvalue weighted by atomic mass is 9.67. The van der Waals surface area contributed by atoms with Crippen molar-refractivity contribution in [2.75, 3.05) is 0 Å². The van der Waals surface area contributed by atoms with Gasteiger partial charge in [-0.1, -0.05) is 176 Å². The second kappa shape index (κ2) is 11.4. The van der Waals surface area contributed by atoms with Gasteiger partial charge in [-0.3, -0.25) is 0 Å². The fraction of sp³-hybridized carbons (Fsp3) is 0.0204. The van der Waals surface area contributed by atoms with E-state index in [0.717, 1.165) is 33.9 Å². The topological polar surface area (TPSA) is 25.8 Å². The Morgan fingerprint density at radius 1 is 0.385 bits per heavy atom. The summed E-state index contributed by atoms with van der Waals surface area (Å²) in [6, 6.07) is 66.0. The number of benzene rings is 8. The van der Waals surface area contributed by atoms with E-state index in [-0.39, 0.29) is 0 Å². The molecule has 1 aliphatic carbocycles. The number of rotatable bonds is 3. The third-order valence-corrected chi connectivity index (χ3v) is 12.2. The van der Waals surface area contributed by atoms with Gasteiger partial charge in [0.2, 0.25) is 0 Å². The van der Waals surface area contributed by atoms with Crippen molar-refractivity contribution in [2.45, 2.75) is 15.2 Å². The zero-order valence-corrected chi connectivity index (χ0v) is 28.9. The Labute approximate surface area is 306 Å². The van der Waals surface area contributed by atoms with Crippen molar-refractivity contribution in [1.29, 1.82) is 0 Å². The number of hydrogen-bond acceptors (Lipinski definition) is 3. The summed E-state index contributed by atoms with van der Waals surface area (Å²) in [4.78, 5) is 13.1. The quantitative estimate of drug-likeness (QED) is 0.174. The van der Waals surface area contributed by atoms with Crippen LogP contribution < -0.4 is 0 Å². The summed E-state index contributed by atoms with van der Waals surface area (Å²) in [5.41, 5.74) is 12.5. The van der Waals surface area contributed by atoms with E-state index in [9.17, 15) is 0 Å². The maximum Gasteiger partial charge on any atom is 0.160 e. The number of hydrogen-bond donors (Lipinski definition) is 0. The van der Waals surface area contributed by atoms with Crippen molar-refractivity contribution in [1.82, 2.24) is 9.97 Å². The Kier molecular flexibility index (Phi) is 6.43. The minimum absolute atomic E-state index is 0.445. The average Bonchev–Trinajstić information content (AvgIpc) is 3.51. The van der Waals surface area contributed by atoms with E-state index in [0.29, 0.717) is 0 Å². The predicted molar refractivity (Wildman–Crippen MR) is 215 cm³/mol. The summed E-state index contributed by atoms with van der Waals surface area (Å²) < 4.78 is 0. The van der Waals surface area contributed by atoms with Gasteiger partial charge in [-0.05, 0) is 73.1 Å². The lowest BCUT2D eigenvalue weighted by Crippen LogP contribution is -2.32. The van der Waals surface area contributed by atoms with Crippen LogP contribution in [0.25, 0.3) is 66.6 Å². The summed E-state index contributed by atoms with van der Waals surface area (Å²) >= 11 is 1.86. The van der Waals surface area contributed by atoms with Crippen LogP contribution in [0.5, 0.6) is 0 Å². The number of nitrogens with zero attached hydrogens (tertiary/aromatic N) is 2. The molecule has 0 amide bonds. The van der Waals surface area contributed by atoms with Crippen molar-refractivity contribution in [2.24, 2.45) is 0 Å². The zero-order chi connectivity index (χ0) is 34.2. The van der Waals surface area contributed by atoms with Gasteiger partial charge in [-0.25, -0.2) is 9.97 Å². The van der Waals surface area contributed by atoms with Gasteiger partial charge < -0.3 is 0 Å². The standard InChI is InChI=1S/C49H30N2S/c1-2-14-32(15-3-1)48-50-44(34-27-28-36-33(29-34)26-25-31-13-4-5-16-35(31)36)30-45(51-48)39-19-12-23-43-47(39)52-46-24-11-10-22-42(46)49(43)40-20-8-6-17-37(40)38-18-7-9-21-41(38)49/h1-30H. The van der Waals surface area contributed by atoms with E-state index in [1.165, 1.54) is 64.7 Å². The Hall–Kier alpha value is -6.29. The zero-order valence-electron chi connectivity index (χ0n) is 28.1. The van der Waals surface area contributed by atoms with Gasteiger partial charge >= 0.3 is 0 Å². The van der Waals surface area contributed by atoms with E-state index in [1.807, 2.05) is 17.8 Å². The lowest BCUT2D eigenvalue weighted by Gasteiger charge is -2.40. The van der Waals surface area contributed by atoms with Gasteiger partial charge in [-0.2, -0.15) is 0 Å². The minimum atomic E-state index is -0.445. The van der Waals surface area contributed by atoms with Crippen molar-refractivity contribution in [3.05, 3.63) is 204 Å². The summed E-state index contributed by atoms with van der Waals surface area (Å²) in [6.45, 7) is 0. The summed E-state index contributed by atoms with van der Waals surface area (Å²) in [6.07, 6.45) is 0. The molecule has 0 bridgehead atoms. The highest BCUT2D eigenvalue weighted by Gasteiger charge is 2.50. The molecule has 8 aromatic carbocycles. The van der Waals surface area contributed by atoms with E-state index in [2.05, 4.69) is 176 Å². The SMILES string of the molecule is c1ccc(-c2nc(-c3ccc4c(ccc5ccccc54)c3)cc(-c3cccc4c3Sc3ccccc3C43c4ccccc4-c4ccccc43)n2)cc1. The van der Waals surface area contributed by atoms with Crippen LogP contribution in [0, 0.1) is 0 Å². The summed E-state index contributed by atoms with van der Waals surface area (Å²) in [5.74, 6) is 0.719. The van der Waals surface area contributed by atoms with Crippen LogP contribution in [-0.2, 0) is 5.41 Å². The normalized spacial score (nSPS) is 13.5. The highest BCUT2D eigenvalue weighted by atomic mass is 32.2. The maximum atomic E-state index is 5.35. The van der Waals surface area contributed by atoms with Crippen molar-refractivity contribution < 1.29 is 0 Å². The second-order valence-corrected chi connectivity index (χ2v) is 14.7. The fourth-order valence-electron chi connectivity index (χ4n) is 8.70. The summed E-state index contributed by atoms with van der Waals surface area (Å²) in [7, 11) is 0. The Morgan fingerprint density at radius 3 is 1.83 bits per heavy atom. The van der Waals surface area contributed by atoms with E-state index < -0.39 is 5.41 Å². The van der Waals surface area contributed by atoms with Crippen LogP contribution in [0.1, 0.15) is 22.3 Å². The Morgan fingerprint density at radius 2 is 1.00 bits per heavy atom. The third-order valence-electron chi connectivity index (χ3n) is 10.9. The molecule has 1 aromatic heterocycles. The van der Waals surface area contributed by atoms with Gasteiger partial charge in [0.05, 0.1) is 16.8 Å². The van der Waals surface area contributed by atoms with E-state index >= 15 is 0 Å². The van der Waals surface area contributed by atoms with Crippen LogP contribution in [0.2, 0.25) is 0 Å². The monoisotopic (exact) mass is 678 g/mol. The number of aromatic nitrogens is 2. The molecule has 1 spiro atoms. The van der Waals surface area contributed by atoms with Crippen molar-refractivity contribution in [3.63, 3.8) is 0 Å². The molecule has 52 heavy (non-hydrogen) atoms. The molecule has 0 fully saturated rings. The average molecular weight is 679 g/mol. The first-order valence-corrected chi connectivity index (χ1v) is 18.6. The second-order valence-electron chi connectivity index (χ2n) is 13.7. The van der Waals surface area contributed by atoms with Crippen LogP contribution in [-0.4, -0.2) is 9.97 Å². The molecule has 3 heteroatoms. The highest BCUT2D eigenvalue weighted by molar-refractivity contribution is 7.99. The van der Waals surface area contributed by atoms with E-state index in [4.69, 9.17) is 9.97 Å². The van der Waals surface area contributed by atoms with Gasteiger partial charge in [0.1, 0.15) is 0 Å². The largest absolute Gasteiger partial charge is 0.228 e. The Bertz CT molecular complexity index is 2850. The molecule has 2 aliphatic rings. The third kappa shape index (κ3) is 4.20. The van der Waals surface area contributed by atoms with E-state index in [1.54, 1.807) is 0 Å². The molecule has 2 heterocycles. The van der Waals surface area contributed by atoms with Crippen LogP contribution in [0.15, 0.2) is 192 Å². The molecule has 9 aromatic rings. The first-order valence-electron chi connectivity index (χ1n) is 17.7. The molecule has 0 N–H and O–H groups in total. The highest BCUT2D eigenvalue weighted by Crippen LogP contribution is 2.63. The van der Waals surface area contributed by atoms with Crippen molar-refractivity contribution >= 4 is 33.3 Å². The molecular formula is C49H30N2S. The Balaban J connectivity index is 1.17. The molecule has 1 aliphatic heterocycles. The lowest BCUT2D eigenvalue weighted by molar-refractivity contribution is 0.723. The van der Waals surface area contributed by atoms with Gasteiger partial charge in [0.25, 0.3) is 0 Å². The molecule has 0 radical (unpaired) electrons. The molecule has 2 nitrogen and oxygen atoms in total. The summed E-state index contributed by atoms with van der Waals surface area (Å²) in [5, 5.41) is 4.95. The van der Waals surface area contributed by atoms with Crippen LogP contribution in [0.4, 0.5) is 0 Å². The van der Waals surface area contributed by atoms with Crippen LogP contribution >= 0.6 is 11.8 Å². The minimum Gasteiger partial charge on any atom is -0.228 e. The molecule has 242 valence electrons.